The summed E-state index contributed by atoms with van der Waals surface area (Å²) in [4.78, 5) is 0. The van der Waals surface area contributed by atoms with Gasteiger partial charge in [-0.25, -0.2) is 8.42 Å². The predicted molar refractivity (Wildman–Crippen MR) is 77.0 cm³/mol. The van der Waals surface area contributed by atoms with Crippen molar-refractivity contribution in [1.82, 2.24) is 5.32 Å². The molecule has 0 radical (unpaired) electrons. The van der Waals surface area contributed by atoms with Gasteiger partial charge in [-0.05, 0) is 31.2 Å². The first-order valence-electron chi connectivity index (χ1n) is 6.23. The molecule has 1 aromatic carbocycles. The van der Waals surface area contributed by atoms with E-state index in [2.05, 4.69) is 10.0 Å². The summed E-state index contributed by atoms with van der Waals surface area (Å²) in [6, 6.07) is 2.88. The van der Waals surface area contributed by atoms with Gasteiger partial charge in [0.1, 0.15) is 0 Å². The van der Waals surface area contributed by atoms with E-state index in [0.29, 0.717) is 12.6 Å². The molecular formula is C12H16ClF3N2O2S. The van der Waals surface area contributed by atoms with Crippen molar-refractivity contribution in [3.63, 3.8) is 0 Å². The van der Waals surface area contributed by atoms with Gasteiger partial charge in [-0.15, -0.1) is 0 Å². The predicted octanol–water partition coefficient (Wildman–Crippen LogP) is 3.10. The smallest absolute Gasteiger partial charge is 0.316 e. The minimum Gasteiger partial charge on any atom is -0.316 e. The molecule has 4 nitrogen and oxygen atoms in total. The van der Waals surface area contributed by atoms with E-state index >= 15 is 0 Å². The van der Waals surface area contributed by atoms with Crippen LogP contribution in [0, 0.1) is 0 Å². The highest BCUT2D eigenvalue weighted by molar-refractivity contribution is 7.92. The Kier molecular flexibility index (Phi) is 6.30. The maximum Gasteiger partial charge on any atom is 0.417 e. The SMILES string of the molecule is CCCNCCS(=O)(=O)Nc1ccc(Cl)c(C(F)(F)F)c1. The quantitative estimate of drug-likeness (QED) is 0.747. The maximum atomic E-state index is 12.7. The van der Waals surface area contributed by atoms with Crippen LogP contribution in [0.3, 0.4) is 0 Å². The van der Waals surface area contributed by atoms with Crippen LogP contribution < -0.4 is 10.0 Å². The number of alkyl halides is 3. The van der Waals surface area contributed by atoms with Gasteiger partial charge in [-0.1, -0.05) is 18.5 Å². The van der Waals surface area contributed by atoms with Crippen LogP contribution in [-0.2, 0) is 16.2 Å². The number of hydrogen-bond acceptors (Lipinski definition) is 3. The van der Waals surface area contributed by atoms with Crippen molar-refractivity contribution in [3.8, 4) is 0 Å². The van der Waals surface area contributed by atoms with Crippen LogP contribution in [0.1, 0.15) is 18.9 Å². The third-order valence-corrected chi connectivity index (χ3v) is 4.14. The summed E-state index contributed by atoms with van der Waals surface area (Å²) < 4.78 is 63.6. The zero-order valence-corrected chi connectivity index (χ0v) is 12.9. The van der Waals surface area contributed by atoms with Crippen molar-refractivity contribution in [2.75, 3.05) is 23.6 Å². The van der Waals surface area contributed by atoms with E-state index in [1.54, 1.807) is 0 Å². The Morgan fingerprint density at radius 1 is 1.24 bits per heavy atom. The van der Waals surface area contributed by atoms with Gasteiger partial charge in [0.25, 0.3) is 0 Å². The molecule has 0 aliphatic rings. The normalized spacial score (nSPS) is 12.4. The first-order valence-corrected chi connectivity index (χ1v) is 8.26. The van der Waals surface area contributed by atoms with Crippen molar-refractivity contribution in [3.05, 3.63) is 28.8 Å². The Hall–Kier alpha value is -0.990. The fraction of sp³-hybridized carbons (Fsp3) is 0.500. The van der Waals surface area contributed by atoms with E-state index < -0.39 is 26.8 Å². The molecule has 9 heteroatoms. The van der Waals surface area contributed by atoms with E-state index in [4.69, 9.17) is 11.6 Å². The first-order chi connectivity index (χ1) is 9.65. The number of rotatable bonds is 7. The fourth-order valence-corrected chi connectivity index (χ4v) is 2.77. The third kappa shape index (κ3) is 6.11. The lowest BCUT2D eigenvalue weighted by molar-refractivity contribution is -0.137. The molecule has 0 heterocycles. The van der Waals surface area contributed by atoms with Crippen LogP contribution >= 0.6 is 11.6 Å². The van der Waals surface area contributed by atoms with Crippen molar-refractivity contribution in [2.45, 2.75) is 19.5 Å². The van der Waals surface area contributed by atoms with E-state index in [0.717, 1.165) is 12.5 Å². The van der Waals surface area contributed by atoms with Gasteiger partial charge in [0.2, 0.25) is 10.0 Å². The Morgan fingerprint density at radius 2 is 1.90 bits per heavy atom. The monoisotopic (exact) mass is 344 g/mol. The van der Waals surface area contributed by atoms with Gasteiger partial charge in [-0.2, -0.15) is 13.2 Å². The Labute approximate surface area is 126 Å². The Balaban J connectivity index is 2.79. The molecule has 0 aliphatic heterocycles. The zero-order chi connectivity index (χ0) is 16.1. The molecule has 0 bridgehead atoms. The molecule has 1 aromatic rings. The van der Waals surface area contributed by atoms with Crippen molar-refractivity contribution in [2.24, 2.45) is 0 Å². The molecule has 0 unspecified atom stereocenters. The number of anilines is 1. The largest absolute Gasteiger partial charge is 0.417 e. The summed E-state index contributed by atoms with van der Waals surface area (Å²) in [6.45, 7) is 2.84. The number of nitrogens with one attached hydrogen (secondary N) is 2. The lowest BCUT2D eigenvalue weighted by Gasteiger charge is -2.13. The molecule has 0 atom stereocenters. The highest BCUT2D eigenvalue weighted by Crippen LogP contribution is 2.36. The van der Waals surface area contributed by atoms with Crippen LogP contribution in [0.5, 0.6) is 0 Å². The molecule has 0 spiro atoms. The van der Waals surface area contributed by atoms with Gasteiger partial charge in [0.15, 0.2) is 0 Å². The number of halogens is 4. The van der Waals surface area contributed by atoms with E-state index in [1.165, 1.54) is 6.07 Å². The van der Waals surface area contributed by atoms with Gasteiger partial charge in [0, 0.05) is 12.2 Å². The zero-order valence-electron chi connectivity index (χ0n) is 11.3. The molecule has 120 valence electrons. The Morgan fingerprint density at radius 3 is 2.48 bits per heavy atom. The van der Waals surface area contributed by atoms with Crippen LogP contribution in [0.15, 0.2) is 18.2 Å². The second-order valence-corrected chi connectivity index (χ2v) is 6.61. The molecule has 0 saturated carbocycles. The van der Waals surface area contributed by atoms with Crippen molar-refractivity contribution < 1.29 is 21.6 Å². The molecule has 0 amide bonds. The molecule has 0 aromatic heterocycles. The minimum absolute atomic E-state index is 0.165. The summed E-state index contributed by atoms with van der Waals surface area (Å²) in [6.07, 6.45) is -3.78. The summed E-state index contributed by atoms with van der Waals surface area (Å²) in [5.74, 6) is -0.225. The van der Waals surface area contributed by atoms with E-state index in [-0.39, 0.29) is 18.0 Å². The summed E-state index contributed by atoms with van der Waals surface area (Å²) in [5.41, 5.74) is -1.24. The van der Waals surface area contributed by atoms with E-state index in [1.807, 2.05) is 6.92 Å². The summed E-state index contributed by atoms with van der Waals surface area (Å²) >= 11 is 5.46. The lowest BCUT2D eigenvalue weighted by Crippen LogP contribution is -2.27. The topological polar surface area (TPSA) is 58.2 Å². The minimum atomic E-state index is -4.64. The lowest BCUT2D eigenvalue weighted by atomic mass is 10.2. The van der Waals surface area contributed by atoms with Crippen LogP contribution in [0.25, 0.3) is 0 Å². The van der Waals surface area contributed by atoms with Gasteiger partial charge in [0.05, 0.1) is 16.3 Å². The molecule has 0 saturated heterocycles. The average molecular weight is 345 g/mol. The second kappa shape index (κ2) is 7.33. The number of sulfonamides is 1. The van der Waals surface area contributed by atoms with Crippen molar-refractivity contribution >= 4 is 27.3 Å². The van der Waals surface area contributed by atoms with Crippen molar-refractivity contribution in [1.29, 1.82) is 0 Å². The first kappa shape index (κ1) is 18.1. The summed E-state index contributed by atoms with van der Waals surface area (Å²) in [7, 11) is -3.71. The standard InChI is InChI=1S/C12H16ClF3N2O2S/c1-2-5-17-6-7-21(19,20)18-9-3-4-11(13)10(8-9)12(14,15)16/h3-4,8,17-18H,2,5-7H2,1H3. The van der Waals surface area contributed by atoms with Crippen LogP contribution in [-0.4, -0.2) is 27.3 Å². The number of hydrogen-bond donors (Lipinski definition) is 2. The molecule has 0 aliphatic carbocycles. The highest BCUT2D eigenvalue weighted by atomic mass is 35.5. The van der Waals surface area contributed by atoms with Crippen LogP contribution in [0.2, 0.25) is 5.02 Å². The Bertz CT molecular complexity index is 576. The molecule has 2 N–H and O–H groups in total. The van der Waals surface area contributed by atoms with Gasteiger partial charge < -0.3 is 5.32 Å². The maximum absolute atomic E-state index is 12.7. The number of benzene rings is 1. The average Bonchev–Trinajstić information content (AvgIpc) is 2.35. The van der Waals surface area contributed by atoms with Gasteiger partial charge in [-0.3, -0.25) is 4.72 Å². The second-order valence-electron chi connectivity index (χ2n) is 4.36. The third-order valence-electron chi connectivity index (χ3n) is 2.52. The van der Waals surface area contributed by atoms with Crippen LogP contribution in [0.4, 0.5) is 18.9 Å². The van der Waals surface area contributed by atoms with E-state index in [9.17, 15) is 21.6 Å². The molecule has 21 heavy (non-hydrogen) atoms. The molecule has 0 fully saturated rings. The molecular weight excluding hydrogens is 329 g/mol. The highest BCUT2D eigenvalue weighted by Gasteiger charge is 2.33. The summed E-state index contributed by atoms with van der Waals surface area (Å²) in [5, 5.41) is 2.42. The fourth-order valence-electron chi connectivity index (χ4n) is 1.54. The molecule has 1 rings (SSSR count). The van der Waals surface area contributed by atoms with Gasteiger partial charge >= 0.3 is 6.18 Å².